The molecule has 0 aromatic heterocycles. The highest BCUT2D eigenvalue weighted by atomic mass is 127. The molecular weight excluding hydrogens is 415 g/mol. The summed E-state index contributed by atoms with van der Waals surface area (Å²) in [7, 11) is 3.59. The first-order chi connectivity index (χ1) is 11.1. The van der Waals surface area contributed by atoms with Crippen LogP contribution in [0.2, 0.25) is 0 Å². The average molecular weight is 448 g/mol. The molecule has 3 fully saturated rings. The van der Waals surface area contributed by atoms with Crippen LogP contribution in [-0.4, -0.2) is 61.4 Å². The fourth-order valence-corrected chi connectivity index (χ4v) is 4.42. The van der Waals surface area contributed by atoms with Crippen molar-refractivity contribution in [3.63, 3.8) is 0 Å². The lowest BCUT2D eigenvalue weighted by atomic mass is 9.86. The van der Waals surface area contributed by atoms with Gasteiger partial charge in [0.15, 0.2) is 5.96 Å². The van der Waals surface area contributed by atoms with Gasteiger partial charge in [0.2, 0.25) is 5.91 Å². The van der Waals surface area contributed by atoms with Gasteiger partial charge in [-0.3, -0.25) is 4.79 Å². The number of amides is 1. The molecule has 2 aliphatic carbocycles. The molecule has 0 aromatic rings. The SMILES string of the molecule is CN(C)C(=O)CN=C(NC1CCCC1)N1CCC2(CCCC2)C1.I. The van der Waals surface area contributed by atoms with Crippen LogP contribution in [0.1, 0.15) is 57.8 Å². The first-order valence-electron chi connectivity index (χ1n) is 9.34. The lowest BCUT2D eigenvalue weighted by Gasteiger charge is -2.28. The van der Waals surface area contributed by atoms with Crippen LogP contribution in [-0.2, 0) is 4.79 Å². The van der Waals surface area contributed by atoms with E-state index in [0.717, 1.165) is 19.0 Å². The van der Waals surface area contributed by atoms with Crippen molar-refractivity contribution in [1.82, 2.24) is 15.1 Å². The Morgan fingerprint density at radius 2 is 1.83 bits per heavy atom. The molecule has 1 heterocycles. The lowest BCUT2D eigenvalue weighted by molar-refractivity contribution is -0.127. The summed E-state index contributed by atoms with van der Waals surface area (Å²) in [5, 5.41) is 3.66. The number of likely N-dealkylation sites (N-methyl/N-ethyl adjacent to an activating group) is 1. The van der Waals surface area contributed by atoms with Crippen molar-refractivity contribution in [3.05, 3.63) is 0 Å². The van der Waals surface area contributed by atoms with Gasteiger partial charge in [0.25, 0.3) is 0 Å². The number of hydrogen-bond acceptors (Lipinski definition) is 2. The highest BCUT2D eigenvalue weighted by Crippen LogP contribution is 2.45. The molecule has 1 saturated heterocycles. The van der Waals surface area contributed by atoms with E-state index in [9.17, 15) is 4.79 Å². The third-order valence-corrected chi connectivity index (χ3v) is 5.95. The van der Waals surface area contributed by atoms with Crippen LogP contribution in [0.15, 0.2) is 4.99 Å². The standard InChI is InChI=1S/C18H32N4O.HI/c1-21(2)16(23)13-19-17(20-15-7-3-4-8-15)22-12-11-18(14-22)9-5-6-10-18;/h15H,3-14H2,1-2H3,(H,19,20);1H. The van der Waals surface area contributed by atoms with Crippen molar-refractivity contribution in [1.29, 1.82) is 0 Å². The molecule has 0 bridgehead atoms. The Hall–Kier alpha value is -0.530. The fourth-order valence-electron chi connectivity index (χ4n) is 4.42. The highest BCUT2D eigenvalue weighted by Gasteiger charge is 2.41. The molecule has 0 atom stereocenters. The molecule has 24 heavy (non-hydrogen) atoms. The zero-order valence-corrected chi connectivity index (χ0v) is 17.6. The van der Waals surface area contributed by atoms with Crippen LogP contribution < -0.4 is 5.32 Å². The molecule has 1 aliphatic heterocycles. The van der Waals surface area contributed by atoms with Crippen molar-refractivity contribution >= 4 is 35.8 Å². The van der Waals surface area contributed by atoms with Gasteiger partial charge in [-0.15, -0.1) is 24.0 Å². The Balaban J connectivity index is 0.00000208. The van der Waals surface area contributed by atoms with Crippen molar-refractivity contribution in [2.24, 2.45) is 10.4 Å². The van der Waals surface area contributed by atoms with Crippen LogP contribution in [0.4, 0.5) is 0 Å². The van der Waals surface area contributed by atoms with E-state index < -0.39 is 0 Å². The van der Waals surface area contributed by atoms with Gasteiger partial charge in [0, 0.05) is 33.2 Å². The van der Waals surface area contributed by atoms with Gasteiger partial charge in [-0.05, 0) is 37.5 Å². The molecule has 3 aliphatic rings. The zero-order chi connectivity index (χ0) is 16.3. The fraction of sp³-hybridized carbons (Fsp3) is 0.889. The molecule has 1 N–H and O–H groups in total. The zero-order valence-electron chi connectivity index (χ0n) is 15.2. The van der Waals surface area contributed by atoms with E-state index in [1.54, 1.807) is 19.0 Å². The van der Waals surface area contributed by atoms with Gasteiger partial charge >= 0.3 is 0 Å². The summed E-state index contributed by atoms with van der Waals surface area (Å²) >= 11 is 0. The normalized spacial score (nSPS) is 23.6. The maximum absolute atomic E-state index is 11.9. The van der Waals surface area contributed by atoms with Crippen LogP contribution in [0.25, 0.3) is 0 Å². The molecule has 1 amide bonds. The minimum Gasteiger partial charge on any atom is -0.353 e. The first kappa shape index (κ1) is 19.8. The van der Waals surface area contributed by atoms with Crippen molar-refractivity contribution in [2.45, 2.75) is 63.8 Å². The second-order valence-corrected chi connectivity index (χ2v) is 7.93. The number of aliphatic imine (C=N–C) groups is 1. The number of guanidine groups is 1. The number of nitrogens with one attached hydrogen (secondary N) is 1. The average Bonchev–Trinajstić information content (AvgIpc) is 3.27. The summed E-state index contributed by atoms with van der Waals surface area (Å²) in [6.45, 7) is 2.47. The van der Waals surface area contributed by atoms with Crippen molar-refractivity contribution in [2.75, 3.05) is 33.7 Å². The number of halogens is 1. The monoisotopic (exact) mass is 448 g/mol. The number of likely N-dealkylation sites (tertiary alicyclic amines) is 1. The van der Waals surface area contributed by atoms with Crippen molar-refractivity contribution < 1.29 is 4.79 Å². The number of nitrogens with zero attached hydrogens (tertiary/aromatic N) is 3. The van der Waals surface area contributed by atoms with E-state index in [0.29, 0.717) is 11.5 Å². The quantitative estimate of drug-likeness (QED) is 0.411. The number of hydrogen-bond donors (Lipinski definition) is 1. The Labute approximate surface area is 163 Å². The molecule has 1 spiro atoms. The van der Waals surface area contributed by atoms with Gasteiger partial charge < -0.3 is 15.1 Å². The van der Waals surface area contributed by atoms with Crippen LogP contribution in [0.5, 0.6) is 0 Å². The molecule has 6 heteroatoms. The summed E-state index contributed by atoms with van der Waals surface area (Å²) in [6.07, 6.45) is 11.9. The Morgan fingerprint density at radius 3 is 2.46 bits per heavy atom. The van der Waals surface area contributed by atoms with Gasteiger partial charge in [-0.25, -0.2) is 4.99 Å². The molecule has 138 valence electrons. The maximum Gasteiger partial charge on any atom is 0.243 e. The number of rotatable bonds is 3. The summed E-state index contributed by atoms with van der Waals surface area (Å²) in [5.74, 6) is 1.06. The third kappa shape index (κ3) is 4.76. The third-order valence-electron chi connectivity index (χ3n) is 5.95. The lowest BCUT2D eigenvalue weighted by Crippen LogP contribution is -2.45. The summed E-state index contributed by atoms with van der Waals surface area (Å²) in [6, 6.07) is 0.545. The summed E-state index contributed by atoms with van der Waals surface area (Å²) in [5.41, 5.74) is 0.531. The first-order valence-corrected chi connectivity index (χ1v) is 9.34. The van der Waals surface area contributed by atoms with E-state index in [2.05, 4.69) is 15.2 Å². The van der Waals surface area contributed by atoms with Gasteiger partial charge in [0.1, 0.15) is 6.54 Å². The minimum atomic E-state index is 0. The van der Waals surface area contributed by atoms with E-state index in [-0.39, 0.29) is 36.4 Å². The topological polar surface area (TPSA) is 47.9 Å². The van der Waals surface area contributed by atoms with Crippen molar-refractivity contribution in [3.8, 4) is 0 Å². The predicted molar refractivity (Wildman–Crippen MR) is 109 cm³/mol. The Kier molecular flexibility index (Phi) is 7.19. The molecule has 0 radical (unpaired) electrons. The number of carbonyl (C=O) groups is 1. The second-order valence-electron chi connectivity index (χ2n) is 7.93. The molecule has 2 saturated carbocycles. The summed E-state index contributed by atoms with van der Waals surface area (Å²) < 4.78 is 0. The van der Waals surface area contributed by atoms with E-state index in [1.807, 2.05) is 0 Å². The van der Waals surface area contributed by atoms with E-state index in [1.165, 1.54) is 57.8 Å². The Bertz CT molecular complexity index is 454. The molecular formula is C18H33IN4O. The molecule has 5 nitrogen and oxygen atoms in total. The maximum atomic E-state index is 11.9. The van der Waals surface area contributed by atoms with Gasteiger partial charge in [-0.1, -0.05) is 25.7 Å². The largest absolute Gasteiger partial charge is 0.353 e. The van der Waals surface area contributed by atoms with Crippen LogP contribution in [0.3, 0.4) is 0 Å². The van der Waals surface area contributed by atoms with Gasteiger partial charge in [-0.2, -0.15) is 0 Å². The second kappa shape index (κ2) is 8.72. The molecule has 0 unspecified atom stereocenters. The molecule has 3 rings (SSSR count). The molecule has 0 aromatic carbocycles. The minimum absolute atomic E-state index is 0. The van der Waals surface area contributed by atoms with Gasteiger partial charge in [0.05, 0.1) is 0 Å². The van der Waals surface area contributed by atoms with Crippen LogP contribution >= 0.6 is 24.0 Å². The Morgan fingerprint density at radius 1 is 1.17 bits per heavy atom. The summed E-state index contributed by atoms with van der Waals surface area (Å²) in [4.78, 5) is 20.7. The van der Waals surface area contributed by atoms with Crippen LogP contribution in [0, 0.1) is 5.41 Å². The van der Waals surface area contributed by atoms with E-state index in [4.69, 9.17) is 0 Å². The predicted octanol–water partition coefficient (Wildman–Crippen LogP) is 2.85. The highest BCUT2D eigenvalue weighted by molar-refractivity contribution is 14.0. The smallest absolute Gasteiger partial charge is 0.243 e. The number of carbonyl (C=O) groups excluding carboxylic acids is 1. The van der Waals surface area contributed by atoms with E-state index >= 15 is 0 Å².